The van der Waals surface area contributed by atoms with Crippen molar-refractivity contribution in [3.05, 3.63) is 153 Å². The Morgan fingerprint density at radius 1 is 0.607 bits per heavy atom. The van der Waals surface area contributed by atoms with Gasteiger partial charge in [-0.05, 0) is 139 Å². The minimum atomic E-state index is -0.159. The molecule has 0 saturated carbocycles. The van der Waals surface area contributed by atoms with Crippen LogP contribution < -0.4 is 0 Å². The molecule has 5 heteroatoms. The molecule has 1 saturated heterocycles. The molecule has 0 unspecified atom stereocenters. The highest BCUT2D eigenvalue weighted by Crippen LogP contribution is 2.49. The topological polar surface area (TPSA) is 57.6 Å². The lowest BCUT2D eigenvalue weighted by Crippen LogP contribution is -2.34. The van der Waals surface area contributed by atoms with E-state index in [0.717, 1.165) is 45.2 Å². The second kappa shape index (κ2) is 15.3. The lowest BCUT2D eigenvalue weighted by molar-refractivity contribution is -0.125. The molecule has 1 fully saturated rings. The Hall–Kier alpha value is -4.19. The quantitative estimate of drug-likeness (QED) is 0.203. The highest BCUT2D eigenvalue weighted by atomic mass is 32.2. The van der Waals surface area contributed by atoms with E-state index in [2.05, 4.69) is 119 Å². The maximum Gasteiger partial charge on any atom is 0.289 e. The molecule has 4 nitrogen and oxygen atoms in total. The average molecular weight is 768 g/mol. The number of thioether (sulfide) groups is 1. The molecular weight excluding hydrogens is 707 g/mol. The third-order valence-corrected chi connectivity index (χ3v) is 13.9. The third-order valence-electron chi connectivity index (χ3n) is 13.0. The molecule has 2 amide bonds. The maximum atomic E-state index is 11.9. The molecular formula is C51H61NO3S. The van der Waals surface area contributed by atoms with Gasteiger partial charge in [0.1, 0.15) is 0 Å². The van der Waals surface area contributed by atoms with Crippen molar-refractivity contribution in [1.29, 1.82) is 0 Å². The monoisotopic (exact) mass is 767 g/mol. The number of hydrogen-bond donors (Lipinski definition) is 1. The molecule has 2 aliphatic carbocycles. The predicted octanol–water partition coefficient (Wildman–Crippen LogP) is 12.5. The van der Waals surface area contributed by atoms with E-state index in [0.29, 0.717) is 6.54 Å². The number of rotatable bonds is 7. The number of fused-ring (bicyclic) bond motifs is 2. The molecule has 0 atom stereocenters. The number of carbonyl (C=O) groups excluding carboxylic acids is 2. The molecule has 7 rings (SSSR count). The summed E-state index contributed by atoms with van der Waals surface area (Å²) in [5.41, 5.74) is 17.8. The van der Waals surface area contributed by atoms with Gasteiger partial charge in [0.15, 0.2) is 0 Å². The van der Waals surface area contributed by atoms with Crippen LogP contribution in [-0.4, -0.2) is 26.9 Å². The van der Waals surface area contributed by atoms with Gasteiger partial charge in [-0.1, -0.05) is 153 Å². The van der Waals surface area contributed by atoms with Crippen molar-refractivity contribution in [1.82, 2.24) is 4.90 Å². The maximum absolute atomic E-state index is 11.9. The first kappa shape index (κ1) is 41.4. The molecule has 0 bridgehead atoms. The molecule has 4 aromatic rings. The van der Waals surface area contributed by atoms with Gasteiger partial charge >= 0.3 is 0 Å². The number of amides is 2. The van der Waals surface area contributed by atoms with Crippen LogP contribution in [0.15, 0.2) is 86.0 Å². The van der Waals surface area contributed by atoms with Gasteiger partial charge in [-0.15, -0.1) is 0 Å². The predicted molar refractivity (Wildman–Crippen MR) is 236 cm³/mol. The molecule has 0 radical (unpaired) electrons. The van der Waals surface area contributed by atoms with Crippen molar-refractivity contribution in [3.8, 4) is 0 Å². The smallest absolute Gasteiger partial charge is 0.289 e. The summed E-state index contributed by atoms with van der Waals surface area (Å²) in [6.07, 6.45) is 4.83. The van der Waals surface area contributed by atoms with Crippen molar-refractivity contribution in [2.24, 2.45) is 0 Å². The van der Waals surface area contributed by atoms with Gasteiger partial charge in [0.25, 0.3) is 5.24 Å². The first-order valence-corrected chi connectivity index (χ1v) is 21.1. The van der Waals surface area contributed by atoms with Crippen LogP contribution in [-0.2, 0) is 39.6 Å². The summed E-state index contributed by atoms with van der Waals surface area (Å²) in [7, 11) is 0. The van der Waals surface area contributed by atoms with Gasteiger partial charge in [0.05, 0.1) is 18.9 Å². The first-order chi connectivity index (χ1) is 26.1. The fraction of sp³-hybridized carbons (Fsp3) is 0.412. The zero-order chi connectivity index (χ0) is 41.0. The van der Waals surface area contributed by atoms with Crippen LogP contribution in [0.2, 0.25) is 0 Å². The van der Waals surface area contributed by atoms with Crippen LogP contribution >= 0.6 is 11.8 Å². The van der Waals surface area contributed by atoms with Crippen LogP contribution in [0.1, 0.15) is 148 Å². The largest absolute Gasteiger partial charge is 0.392 e. The summed E-state index contributed by atoms with van der Waals surface area (Å²) in [6, 6.07) is 25.6. The minimum absolute atomic E-state index is 0.0773. The van der Waals surface area contributed by atoms with E-state index in [9.17, 15) is 14.7 Å². The van der Waals surface area contributed by atoms with Crippen molar-refractivity contribution >= 4 is 34.1 Å². The Morgan fingerprint density at radius 2 is 0.964 bits per heavy atom. The number of aliphatic hydroxyl groups excluding tert-OH is 1. The molecule has 0 aromatic heterocycles. The Balaban J connectivity index is 0.000000194. The first-order valence-electron chi connectivity index (χ1n) is 20.1. The summed E-state index contributed by atoms with van der Waals surface area (Å²) in [5, 5.41) is 9.09. The van der Waals surface area contributed by atoms with Gasteiger partial charge in [-0.25, -0.2) is 0 Å². The highest BCUT2D eigenvalue weighted by Gasteiger charge is 2.39. The molecule has 4 aromatic carbocycles. The van der Waals surface area contributed by atoms with E-state index >= 15 is 0 Å². The third kappa shape index (κ3) is 8.13. The number of imide groups is 1. The second-order valence-electron chi connectivity index (χ2n) is 19.0. The second-order valence-corrected chi connectivity index (χ2v) is 19.9. The summed E-state index contributed by atoms with van der Waals surface area (Å²) >= 11 is 1.07. The fourth-order valence-electron chi connectivity index (χ4n) is 8.74. The molecule has 294 valence electrons. The lowest BCUT2D eigenvalue weighted by atomic mass is 9.62. The highest BCUT2D eigenvalue weighted by molar-refractivity contribution is 8.14. The van der Waals surface area contributed by atoms with Crippen molar-refractivity contribution in [2.75, 3.05) is 5.75 Å². The summed E-state index contributed by atoms with van der Waals surface area (Å²) in [6.45, 7) is 32.4. The Labute approximate surface area is 340 Å². The normalized spacial score (nSPS) is 18.7. The zero-order valence-corrected chi connectivity index (χ0v) is 36.2. The van der Waals surface area contributed by atoms with E-state index in [1.807, 2.05) is 36.4 Å². The van der Waals surface area contributed by atoms with E-state index in [1.54, 1.807) is 0 Å². The van der Waals surface area contributed by atoms with Gasteiger partial charge in [0, 0.05) is 0 Å². The van der Waals surface area contributed by atoms with Crippen LogP contribution in [0.25, 0.3) is 11.1 Å². The Bertz CT molecular complexity index is 2190. The molecule has 0 spiro atoms. The lowest BCUT2D eigenvalue weighted by Gasteiger charge is -2.42. The number of benzene rings is 4. The van der Waals surface area contributed by atoms with Crippen molar-refractivity contribution in [2.45, 2.75) is 130 Å². The van der Waals surface area contributed by atoms with Crippen LogP contribution in [0.5, 0.6) is 0 Å². The summed E-state index contributed by atoms with van der Waals surface area (Å²) < 4.78 is 0. The van der Waals surface area contributed by atoms with E-state index < -0.39 is 0 Å². The average Bonchev–Trinajstić information content (AvgIpc) is 3.47. The summed E-state index contributed by atoms with van der Waals surface area (Å²) in [4.78, 5) is 25.1. The van der Waals surface area contributed by atoms with Crippen molar-refractivity contribution in [3.63, 3.8) is 0 Å². The number of aryl methyl sites for hydroxylation is 2. The van der Waals surface area contributed by atoms with Crippen LogP contribution in [0.3, 0.4) is 0 Å². The fourth-order valence-corrected chi connectivity index (χ4v) is 9.47. The number of aliphatic hydroxyl groups is 1. The van der Waals surface area contributed by atoms with Crippen molar-refractivity contribution < 1.29 is 14.7 Å². The van der Waals surface area contributed by atoms with Gasteiger partial charge < -0.3 is 5.11 Å². The van der Waals surface area contributed by atoms with E-state index in [-0.39, 0.29) is 45.2 Å². The van der Waals surface area contributed by atoms with Crippen LogP contribution in [0, 0.1) is 13.8 Å². The number of nitrogens with zero attached hydrogens (tertiary/aromatic N) is 1. The van der Waals surface area contributed by atoms with Gasteiger partial charge in [0.2, 0.25) is 5.91 Å². The van der Waals surface area contributed by atoms with Gasteiger partial charge in [-0.3, -0.25) is 14.5 Å². The molecule has 3 aliphatic rings. The Morgan fingerprint density at radius 3 is 1.30 bits per heavy atom. The standard InChI is InChI=1S/C27H31NO2S.C24H30O/c1-17-13-22-23(27(5,6)12-11-26(22,3)4)14-21(17)18(2)20-9-7-19(8-10-20)15-28-24(29)16-31-25(28)30;1-16-13-21-22(24(5,6)12-11-23(21,3)4)14-20(16)17(2)19-9-7-18(15-25)8-10-19/h7-10,13-14H,2,11-12,15-16H2,1,3-6H3;7-10,13-14,25H,2,11-12,15H2,1,3-6H3. The van der Waals surface area contributed by atoms with Gasteiger partial charge in [-0.2, -0.15) is 0 Å². The SMILES string of the molecule is C=C(c1ccc(CN2C(=O)CSC2=O)cc1)c1cc2c(cc1C)C(C)(C)CCC2(C)C.C=C(c1ccc(CO)cc1)c1cc2c(cc1C)C(C)(C)CCC2(C)C. The molecule has 1 N–H and O–H groups in total. The Kier molecular flexibility index (Phi) is 11.3. The molecule has 56 heavy (non-hydrogen) atoms. The zero-order valence-electron chi connectivity index (χ0n) is 35.4. The number of hydrogen-bond acceptors (Lipinski definition) is 4. The minimum Gasteiger partial charge on any atom is -0.392 e. The number of carbonyl (C=O) groups is 2. The molecule has 1 heterocycles. The molecule has 1 aliphatic heterocycles. The van der Waals surface area contributed by atoms with Crippen LogP contribution in [0.4, 0.5) is 4.79 Å². The van der Waals surface area contributed by atoms with E-state index in [4.69, 9.17) is 0 Å². The summed E-state index contributed by atoms with van der Waals surface area (Å²) in [5.74, 6) is 0.136. The van der Waals surface area contributed by atoms with E-state index in [1.165, 1.54) is 75.1 Å².